The largest absolute Gasteiger partial charge is 0.467 e. The normalized spacial score (nSPS) is 10.8. The minimum Gasteiger partial charge on any atom is -0.467 e. The fourth-order valence-corrected chi connectivity index (χ4v) is 2.44. The molecule has 0 atom stereocenters. The molecule has 0 radical (unpaired) electrons. The molecule has 8 nitrogen and oxygen atoms in total. The molecule has 3 aromatic rings. The van der Waals surface area contributed by atoms with Gasteiger partial charge < -0.3 is 10.1 Å². The topological polar surface area (TPSA) is 90.1 Å². The number of nitrogens with zero attached hydrogens (tertiary/aromatic N) is 6. The number of rotatable bonds is 5. The molecule has 0 aliphatic carbocycles. The van der Waals surface area contributed by atoms with Gasteiger partial charge in [0.25, 0.3) is 0 Å². The van der Waals surface area contributed by atoms with Crippen LogP contribution in [0.5, 0.6) is 6.01 Å². The predicted octanol–water partition coefficient (Wildman–Crippen LogP) is 1.51. The van der Waals surface area contributed by atoms with Crippen molar-refractivity contribution in [1.82, 2.24) is 29.5 Å². The van der Waals surface area contributed by atoms with Gasteiger partial charge in [-0.05, 0) is 30.8 Å². The van der Waals surface area contributed by atoms with Crippen molar-refractivity contribution in [2.75, 3.05) is 19.0 Å². The van der Waals surface area contributed by atoms with Crippen molar-refractivity contribution in [3.63, 3.8) is 0 Å². The Hall–Kier alpha value is -2.42. The quantitative estimate of drug-likeness (QED) is 0.758. The molecule has 1 N–H and O–H groups in total. The Morgan fingerprint density at radius 2 is 2.14 bits per heavy atom. The smallest absolute Gasteiger partial charge is 0.321 e. The third kappa shape index (κ3) is 2.87. The van der Waals surface area contributed by atoms with Gasteiger partial charge in [-0.2, -0.15) is 15.0 Å². The maximum absolute atomic E-state index is 5.09. The monoisotopic (exact) mass is 303 g/mol. The maximum atomic E-state index is 5.09. The number of aromatic nitrogens is 6. The second-order valence-electron chi connectivity index (χ2n) is 3.97. The van der Waals surface area contributed by atoms with Crippen molar-refractivity contribution in [2.24, 2.45) is 0 Å². The number of methoxy groups -OCH3 is 1. The van der Waals surface area contributed by atoms with Crippen molar-refractivity contribution in [1.29, 1.82) is 0 Å². The molecule has 0 unspecified atom stereocenters. The molecule has 3 heterocycles. The second-order valence-corrected chi connectivity index (χ2v) is 4.91. The van der Waals surface area contributed by atoms with Crippen LogP contribution in [0, 0.1) is 0 Å². The van der Waals surface area contributed by atoms with E-state index in [0.717, 1.165) is 5.65 Å². The Bertz CT molecular complexity index is 760. The van der Waals surface area contributed by atoms with E-state index in [-0.39, 0.29) is 6.01 Å². The zero-order chi connectivity index (χ0) is 14.7. The van der Waals surface area contributed by atoms with Gasteiger partial charge in [-0.25, -0.2) is 0 Å². The SMILES string of the molecule is CCNc1nc(OC)nc(Sc2nnc3ccccn23)n1. The summed E-state index contributed by atoms with van der Waals surface area (Å²) in [5.74, 6) is 0.473. The van der Waals surface area contributed by atoms with Crippen LogP contribution >= 0.6 is 11.8 Å². The van der Waals surface area contributed by atoms with Crippen LogP contribution in [0.2, 0.25) is 0 Å². The molecule has 0 aliphatic heterocycles. The predicted molar refractivity (Wildman–Crippen MR) is 77.7 cm³/mol. The number of nitrogens with one attached hydrogen (secondary N) is 1. The summed E-state index contributed by atoms with van der Waals surface area (Å²) in [5, 5.41) is 12.4. The Morgan fingerprint density at radius 3 is 2.95 bits per heavy atom. The average Bonchev–Trinajstić information content (AvgIpc) is 2.91. The number of pyridine rings is 1. The summed E-state index contributed by atoms with van der Waals surface area (Å²) in [5.41, 5.74) is 0.771. The van der Waals surface area contributed by atoms with Crippen molar-refractivity contribution in [2.45, 2.75) is 17.2 Å². The zero-order valence-corrected chi connectivity index (χ0v) is 12.3. The standard InChI is InChI=1S/C12H13N7OS/c1-3-13-9-14-10(20-2)16-11(15-9)21-12-18-17-8-6-4-5-7-19(8)12/h4-7H,3H2,1-2H3,(H,13,14,15,16). The summed E-state index contributed by atoms with van der Waals surface area (Å²) >= 11 is 1.30. The third-order valence-corrected chi connectivity index (χ3v) is 3.40. The van der Waals surface area contributed by atoms with Crippen molar-refractivity contribution >= 4 is 23.4 Å². The highest BCUT2D eigenvalue weighted by molar-refractivity contribution is 7.99. The molecular formula is C12H13N7OS. The summed E-state index contributed by atoms with van der Waals surface area (Å²) in [4.78, 5) is 12.7. The van der Waals surface area contributed by atoms with E-state index >= 15 is 0 Å². The summed E-state index contributed by atoms with van der Waals surface area (Å²) in [6, 6.07) is 5.97. The first-order valence-corrected chi connectivity index (χ1v) is 7.13. The molecule has 0 aliphatic rings. The van der Waals surface area contributed by atoms with Crippen LogP contribution in [0.4, 0.5) is 5.95 Å². The fraction of sp³-hybridized carbons (Fsp3) is 0.250. The number of hydrogen-bond acceptors (Lipinski definition) is 8. The number of hydrogen-bond donors (Lipinski definition) is 1. The summed E-state index contributed by atoms with van der Waals surface area (Å²) < 4.78 is 6.96. The molecule has 0 spiro atoms. The summed E-state index contributed by atoms with van der Waals surface area (Å²) in [6.45, 7) is 2.68. The molecule has 3 aromatic heterocycles. The van der Waals surface area contributed by atoms with Gasteiger partial charge in [-0.3, -0.25) is 4.40 Å². The lowest BCUT2D eigenvalue weighted by molar-refractivity contribution is 0.373. The number of fused-ring (bicyclic) bond motifs is 1. The Morgan fingerprint density at radius 1 is 1.24 bits per heavy atom. The highest BCUT2D eigenvalue weighted by Gasteiger charge is 2.12. The molecule has 0 saturated carbocycles. The maximum Gasteiger partial charge on any atom is 0.321 e. The molecule has 21 heavy (non-hydrogen) atoms. The van der Waals surface area contributed by atoms with Crippen LogP contribution in [-0.2, 0) is 0 Å². The third-order valence-electron chi connectivity index (χ3n) is 2.58. The van der Waals surface area contributed by atoms with Crippen LogP contribution in [0.3, 0.4) is 0 Å². The molecule has 3 rings (SSSR count). The van der Waals surface area contributed by atoms with Crippen LogP contribution < -0.4 is 10.1 Å². The minimum atomic E-state index is 0.261. The Kier molecular flexibility index (Phi) is 3.82. The van der Waals surface area contributed by atoms with Crippen LogP contribution in [0.15, 0.2) is 34.7 Å². The molecule has 0 saturated heterocycles. The van der Waals surface area contributed by atoms with Gasteiger partial charge in [0.2, 0.25) is 16.3 Å². The Balaban J connectivity index is 1.95. The molecular weight excluding hydrogens is 290 g/mol. The highest BCUT2D eigenvalue weighted by Crippen LogP contribution is 2.25. The molecule has 108 valence electrons. The first-order valence-electron chi connectivity index (χ1n) is 6.31. The van der Waals surface area contributed by atoms with Gasteiger partial charge >= 0.3 is 6.01 Å². The molecule has 0 fully saturated rings. The van der Waals surface area contributed by atoms with Crippen LogP contribution in [0.25, 0.3) is 5.65 Å². The average molecular weight is 303 g/mol. The molecule has 0 amide bonds. The van der Waals surface area contributed by atoms with Gasteiger partial charge in [0.1, 0.15) is 0 Å². The van der Waals surface area contributed by atoms with E-state index in [9.17, 15) is 0 Å². The summed E-state index contributed by atoms with van der Waals surface area (Å²) in [6.07, 6.45) is 1.89. The van der Waals surface area contributed by atoms with Crippen molar-refractivity contribution in [3.05, 3.63) is 24.4 Å². The van der Waals surface area contributed by atoms with Crippen molar-refractivity contribution < 1.29 is 4.74 Å². The van der Waals surface area contributed by atoms with Crippen molar-refractivity contribution in [3.8, 4) is 6.01 Å². The highest BCUT2D eigenvalue weighted by atomic mass is 32.2. The first kappa shape index (κ1) is 13.6. The van der Waals surface area contributed by atoms with Crippen LogP contribution in [-0.4, -0.2) is 43.2 Å². The van der Waals surface area contributed by atoms with E-state index in [1.54, 1.807) is 0 Å². The molecule has 0 aromatic carbocycles. The van der Waals surface area contributed by atoms with E-state index in [4.69, 9.17) is 4.74 Å². The van der Waals surface area contributed by atoms with E-state index in [2.05, 4.69) is 30.5 Å². The van der Waals surface area contributed by atoms with E-state index in [1.165, 1.54) is 18.9 Å². The second kappa shape index (κ2) is 5.92. The number of anilines is 1. The number of ether oxygens (including phenoxy) is 1. The minimum absolute atomic E-state index is 0.261. The van der Waals surface area contributed by atoms with Gasteiger partial charge in [0.05, 0.1) is 7.11 Å². The first-order chi connectivity index (χ1) is 10.3. The fourth-order valence-electron chi connectivity index (χ4n) is 1.68. The lowest BCUT2D eigenvalue weighted by Gasteiger charge is -2.05. The lowest BCUT2D eigenvalue weighted by Crippen LogP contribution is -2.06. The molecule has 9 heteroatoms. The van der Waals surface area contributed by atoms with Gasteiger partial charge in [-0.15, -0.1) is 10.2 Å². The molecule has 0 bridgehead atoms. The van der Waals surface area contributed by atoms with Gasteiger partial charge in [0, 0.05) is 12.7 Å². The van der Waals surface area contributed by atoms with Gasteiger partial charge in [0.15, 0.2) is 5.65 Å². The zero-order valence-electron chi connectivity index (χ0n) is 11.5. The summed E-state index contributed by atoms with van der Waals surface area (Å²) in [7, 11) is 1.52. The van der Waals surface area contributed by atoms with E-state index in [1.807, 2.05) is 35.7 Å². The van der Waals surface area contributed by atoms with Crippen LogP contribution in [0.1, 0.15) is 6.92 Å². The van der Waals surface area contributed by atoms with Gasteiger partial charge in [-0.1, -0.05) is 6.07 Å². The van der Waals surface area contributed by atoms with E-state index in [0.29, 0.717) is 22.8 Å². The Labute approximate surface area is 125 Å². The lowest BCUT2D eigenvalue weighted by atomic mass is 10.5. The van der Waals surface area contributed by atoms with E-state index < -0.39 is 0 Å².